The fraction of sp³-hybridized carbons (Fsp3) is 1.00. The monoisotopic (exact) mass is 236 g/mol. The second kappa shape index (κ2) is 5.79. The van der Waals surface area contributed by atoms with E-state index in [2.05, 4.69) is 35.3 Å². The lowest BCUT2D eigenvalue weighted by Crippen LogP contribution is -1.94. The van der Waals surface area contributed by atoms with Crippen molar-refractivity contribution in [3.63, 3.8) is 0 Å². The highest BCUT2D eigenvalue weighted by molar-refractivity contribution is 8.08. The largest absolute Gasteiger partial charge is 0.372 e. The average Bonchev–Trinajstić information content (AvgIpc) is 2.99. The van der Waals surface area contributed by atoms with Crippen LogP contribution in [0.25, 0.3) is 0 Å². The fourth-order valence-corrected chi connectivity index (χ4v) is 4.15. The van der Waals surface area contributed by atoms with Gasteiger partial charge < -0.3 is 4.74 Å². The summed E-state index contributed by atoms with van der Waals surface area (Å²) < 4.78 is 5.15. The highest BCUT2D eigenvalue weighted by Crippen LogP contribution is 2.33. The van der Waals surface area contributed by atoms with Crippen LogP contribution in [0.15, 0.2) is 0 Å². The summed E-state index contributed by atoms with van der Waals surface area (Å²) in [7, 11) is 0. The third-order valence-electron chi connectivity index (χ3n) is 1.99. The van der Waals surface area contributed by atoms with E-state index in [4.69, 9.17) is 4.74 Å². The van der Waals surface area contributed by atoms with E-state index >= 15 is 0 Å². The van der Waals surface area contributed by atoms with Crippen molar-refractivity contribution in [2.45, 2.75) is 17.8 Å². The van der Waals surface area contributed by atoms with Gasteiger partial charge in [0.2, 0.25) is 0 Å². The molecule has 4 heteroatoms. The molecule has 76 valence electrons. The predicted octanol–water partition coefficient (Wildman–Crippen LogP) is 2.36. The lowest BCUT2D eigenvalue weighted by atomic mass is 10.6. The third-order valence-corrected chi connectivity index (χ3v) is 5.57. The van der Waals surface area contributed by atoms with Gasteiger partial charge >= 0.3 is 0 Å². The second-order valence-electron chi connectivity index (χ2n) is 3.41. The molecule has 13 heavy (non-hydrogen) atoms. The Bertz CT molecular complexity index is 130. The number of epoxide rings is 1. The van der Waals surface area contributed by atoms with Crippen molar-refractivity contribution < 1.29 is 4.74 Å². The molecule has 0 aromatic carbocycles. The summed E-state index contributed by atoms with van der Waals surface area (Å²) in [5.41, 5.74) is 0. The lowest BCUT2D eigenvalue weighted by Gasteiger charge is -1.99. The summed E-state index contributed by atoms with van der Waals surface area (Å²) in [6, 6.07) is 0. The molecule has 2 saturated heterocycles. The van der Waals surface area contributed by atoms with Gasteiger partial charge in [0, 0.05) is 22.5 Å². The smallest absolute Gasteiger partial charge is 0.0900 e. The fourth-order valence-electron chi connectivity index (χ4n) is 1.02. The van der Waals surface area contributed by atoms with Gasteiger partial charge in [-0.25, -0.2) is 0 Å². The maximum atomic E-state index is 5.15. The van der Waals surface area contributed by atoms with Gasteiger partial charge in [0.15, 0.2) is 0 Å². The summed E-state index contributed by atoms with van der Waals surface area (Å²) in [5, 5.41) is 1.01. The Morgan fingerprint density at radius 1 is 1.23 bits per heavy atom. The van der Waals surface area contributed by atoms with Crippen molar-refractivity contribution in [3.8, 4) is 0 Å². The van der Waals surface area contributed by atoms with Crippen LogP contribution in [0.2, 0.25) is 0 Å². The van der Waals surface area contributed by atoms with Crippen LogP contribution < -0.4 is 0 Å². The molecule has 1 nitrogen and oxygen atoms in total. The molecule has 2 fully saturated rings. The highest BCUT2D eigenvalue weighted by Gasteiger charge is 2.22. The molecule has 2 unspecified atom stereocenters. The van der Waals surface area contributed by atoms with Gasteiger partial charge in [-0.3, -0.25) is 0 Å². The maximum Gasteiger partial charge on any atom is 0.0900 e. The van der Waals surface area contributed by atoms with Crippen LogP contribution >= 0.6 is 35.3 Å². The summed E-state index contributed by atoms with van der Waals surface area (Å²) in [4.78, 5) is 0. The highest BCUT2D eigenvalue weighted by atomic mass is 32.2. The molecule has 0 bridgehead atoms. The first kappa shape index (κ1) is 10.5. The molecule has 0 radical (unpaired) electrons. The van der Waals surface area contributed by atoms with E-state index in [-0.39, 0.29) is 0 Å². The minimum absolute atomic E-state index is 0.612. The Morgan fingerprint density at radius 2 is 1.92 bits per heavy atom. The van der Waals surface area contributed by atoms with Crippen molar-refractivity contribution in [2.24, 2.45) is 0 Å². The molecule has 0 aliphatic carbocycles. The number of hydrogen-bond donors (Lipinski definition) is 0. The number of ether oxygens (including phenoxy) is 1. The standard InChI is InChI=1S/C9H16OS3/c1(2-11-5-8-4-10-8)3-12-6-9-7-13-9/h8-9H,1-7H2. The van der Waals surface area contributed by atoms with Crippen LogP contribution in [0.5, 0.6) is 0 Å². The molecule has 2 rings (SSSR count). The zero-order valence-electron chi connectivity index (χ0n) is 7.74. The number of thioether (sulfide) groups is 3. The Labute approximate surface area is 93.1 Å². The van der Waals surface area contributed by atoms with Crippen LogP contribution in [0.4, 0.5) is 0 Å². The van der Waals surface area contributed by atoms with Crippen molar-refractivity contribution in [3.05, 3.63) is 0 Å². The van der Waals surface area contributed by atoms with Crippen LogP contribution in [0, 0.1) is 0 Å². The summed E-state index contributed by atoms with van der Waals surface area (Å²) in [6.07, 6.45) is 1.99. The van der Waals surface area contributed by atoms with Crippen molar-refractivity contribution in [2.75, 3.05) is 35.4 Å². The molecule has 0 aromatic rings. The molecule has 2 aliphatic heterocycles. The predicted molar refractivity (Wildman–Crippen MR) is 65.3 cm³/mol. The first-order chi connectivity index (χ1) is 6.45. The first-order valence-electron chi connectivity index (χ1n) is 4.84. The molecular formula is C9H16OS3. The molecule has 0 amide bonds. The van der Waals surface area contributed by atoms with E-state index in [0.29, 0.717) is 6.10 Å². The minimum Gasteiger partial charge on any atom is -0.372 e. The van der Waals surface area contributed by atoms with E-state index in [1.165, 1.54) is 35.2 Å². The maximum absolute atomic E-state index is 5.15. The summed E-state index contributed by atoms with van der Waals surface area (Å²) >= 11 is 6.29. The van der Waals surface area contributed by atoms with Crippen molar-refractivity contribution in [1.29, 1.82) is 0 Å². The van der Waals surface area contributed by atoms with Gasteiger partial charge in [-0.1, -0.05) is 0 Å². The van der Waals surface area contributed by atoms with Gasteiger partial charge in [-0.05, 0) is 17.9 Å². The topological polar surface area (TPSA) is 12.5 Å². The van der Waals surface area contributed by atoms with Crippen LogP contribution in [-0.4, -0.2) is 46.7 Å². The summed E-state index contributed by atoms with van der Waals surface area (Å²) in [6.45, 7) is 1.01. The quantitative estimate of drug-likeness (QED) is 0.473. The van der Waals surface area contributed by atoms with Crippen molar-refractivity contribution >= 4 is 35.3 Å². The van der Waals surface area contributed by atoms with E-state index < -0.39 is 0 Å². The zero-order chi connectivity index (χ0) is 8.93. The average molecular weight is 236 g/mol. The summed E-state index contributed by atoms with van der Waals surface area (Å²) in [5.74, 6) is 6.71. The van der Waals surface area contributed by atoms with Crippen molar-refractivity contribution in [1.82, 2.24) is 0 Å². The zero-order valence-corrected chi connectivity index (χ0v) is 10.2. The van der Waals surface area contributed by atoms with E-state index in [1.54, 1.807) is 0 Å². The van der Waals surface area contributed by atoms with E-state index in [0.717, 1.165) is 11.9 Å². The molecule has 0 N–H and O–H groups in total. The Balaban J connectivity index is 1.28. The van der Waals surface area contributed by atoms with E-state index in [9.17, 15) is 0 Å². The SMILES string of the molecule is C(CSCC1CO1)CSCC1CS1. The Hall–Kier alpha value is 1.01. The molecule has 0 spiro atoms. The van der Waals surface area contributed by atoms with E-state index in [1.807, 2.05) is 0 Å². The van der Waals surface area contributed by atoms with Crippen LogP contribution in [0.3, 0.4) is 0 Å². The second-order valence-corrected chi connectivity index (χ2v) is 7.05. The Morgan fingerprint density at radius 3 is 2.54 bits per heavy atom. The van der Waals surface area contributed by atoms with Gasteiger partial charge in [-0.15, -0.1) is 0 Å². The molecule has 2 heterocycles. The van der Waals surface area contributed by atoms with Crippen LogP contribution in [0.1, 0.15) is 6.42 Å². The first-order valence-corrected chi connectivity index (χ1v) is 8.19. The molecule has 0 saturated carbocycles. The number of hydrogen-bond acceptors (Lipinski definition) is 4. The van der Waals surface area contributed by atoms with Crippen LogP contribution in [-0.2, 0) is 4.74 Å². The molecule has 2 atom stereocenters. The molecule has 2 aliphatic rings. The molecule has 0 aromatic heterocycles. The van der Waals surface area contributed by atoms with Gasteiger partial charge in [0.25, 0.3) is 0 Å². The minimum atomic E-state index is 0.612. The van der Waals surface area contributed by atoms with Gasteiger partial charge in [0.05, 0.1) is 12.7 Å². The van der Waals surface area contributed by atoms with Gasteiger partial charge in [0.1, 0.15) is 0 Å². The van der Waals surface area contributed by atoms with Gasteiger partial charge in [-0.2, -0.15) is 35.3 Å². The lowest BCUT2D eigenvalue weighted by molar-refractivity contribution is 0.426. The normalized spacial score (nSPS) is 30.5. The Kier molecular flexibility index (Phi) is 4.68. The molecular weight excluding hydrogens is 220 g/mol. The third kappa shape index (κ3) is 5.45. The number of rotatable bonds is 8.